The van der Waals surface area contributed by atoms with E-state index < -0.39 is 42.2 Å². The third-order valence-corrected chi connectivity index (χ3v) is 4.01. The molecule has 30 heavy (non-hydrogen) atoms. The topological polar surface area (TPSA) is 111 Å². The Morgan fingerprint density at radius 3 is 2.17 bits per heavy atom. The largest absolute Gasteiger partial charge is 0.445 e. The summed E-state index contributed by atoms with van der Waals surface area (Å²) in [4.78, 5) is 35.2. The van der Waals surface area contributed by atoms with E-state index >= 15 is 0 Å². The molecule has 160 valence electrons. The van der Waals surface area contributed by atoms with Crippen LogP contribution in [0, 0.1) is 0 Å². The number of hydrogen-bond donors (Lipinski definition) is 3. The molecule has 0 heterocycles. The highest BCUT2D eigenvalue weighted by atomic mass is 19.4. The molecule has 2 aromatic carbocycles. The van der Waals surface area contributed by atoms with Gasteiger partial charge in [0.15, 0.2) is 0 Å². The van der Waals surface area contributed by atoms with Gasteiger partial charge < -0.3 is 21.1 Å². The lowest BCUT2D eigenvalue weighted by molar-refractivity contribution is -0.137. The SMILES string of the molecule is NC(=O)[C@H](Cc1ccc(C(F)(F)F)cc1)NC(=O)CNC(=O)OCc1ccccc1. The number of hydrogen-bond acceptors (Lipinski definition) is 4. The predicted molar refractivity (Wildman–Crippen MR) is 101 cm³/mol. The number of ether oxygens (including phenoxy) is 1. The highest BCUT2D eigenvalue weighted by Crippen LogP contribution is 2.29. The van der Waals surface area contributed by atoms with Gasteiger partial charge >= 0.3 is 12.3 Å². The van der Waals surface area contributed by atoms with Gasteiger partial charge in [0.25, 0.3) is 0 Å². The minimum absolute atomic E-state index is 0.0200. The molecule has 1 atom stereocenters. The molecule has 2 aromatic rings. The standard InChI is InChI=1S/C20H20F3N3O4/c21-20(22,23)15-8-6-13(7-9-15)10-16(18(24)28)26-17(27)11-25-19(29)30-12-14-4-2-1-3-5-14/h1-9,16H,10-12H2,(H2,24,28)(H,25,29)(H,26,27)/t16-/m0/s1. The van der Waals surface area contributed by atoms with Crippen LogP contribution in [0.3, 0.4) is 0 Å². The van der Waals surface area contributed by atoms with Crippen LogP contribution in [0.1, 0.15) is 16.7 Å². The summed E-state index contributed by atoms with van der Waals surface area (Å²) in [6.45, 7) is -0.448. The van der Waals surface area contributed by atoms with Crippen molar-refractivity contribution in [3.8, 4) is 0 Å². The van der Waals surface area contributed by atoms with Crippen molar-refractivity contribution in [2.45, 2.75) is 25.2 Å². The van der Waals surface area contributed by atoms with E-state index in [-0.39, 0.29) is 13.0 Å². The maximum absolute atomic E-state index is 12.6. The zero-order chi connectivity index (χ0) is 22.1. The first kappa shape index (κ1) is 22.7. The Morgan fingerprint density at radius 1 is 0.967 bits per heavy atom. The molecule has 3 amide bonds. The third kappa shape index (κ3) is 7.46. The van der Waals surface area contributed by atoms with Crippen molar-refractivity contribution in [3.05, 3.63) is 71.3 Å². The Hall–Kier alpha value is -3.56. The van der Waals surface area contributed by atoms with E-state index in [0.717, 1.165) is 17.7 Å². The van der Waals surface area contributed by atoms with Crippen molar-refractivity contribution in [1.82, 2.24) is 10.6 Å². The Bertz CT molecular complexity index is 871. The molecule has 0 fully saturated rings. The number of alkyl carbamates (subject to hydrolysis) is 1. The monoisotopic (exact) mass is 423 g/mol. The van der Waals surface area contributed by atoms with E-state index in [4.69, 9.17) is 10.5 Å². The Kier molecular flexibility index (Phi) is 7.79. The van der Waals surface area contributed by atoms with Crippen molar-refractivity contribution in [2.24, 2.45) is 5.73 Å². The normalized spacial score (nSPS) is 12.0. The zero-order valence-corrected chi connectivity index (χ0v) is 15.7. The summed E-state index contributed by atoms with van der Waals surface area (Å²) < 4.78 is 42.8. The molecule has 0 unspecified atom stereocenters. The lowest BCUT2D eigenvalue weighted by Gasteiger charge is -2.16. The lowest BCUT2D eigenvalue weighted by atomic mass is 10.0. The zero-order valence-electron chi connectivity index (χ0n) is 15.7. The second kappa shape index (κ2) is 10.3. The molecule has 0 aliphatic rings. The van der Waals surface area contributed by atoms with Crippen LogP contribution >= 0.6 is 0 Å². The fraction of sp³-hybridized carbons (Fsp3) is 0.250. The van der Waals surface area contributed by atoms with Crippen molar-refractivity contribution >= 4 is 17.9 Å². The summed E-state index contributed by atoms with van der Waals surface area (Å²) in [7, 11) is 0. The number of amides is 3. The highest BCUT2D eigenvalue weighted by Gasteiger charge is 2.30. The Balaban J connectivity index is 1.82. The van der Waals surface area contributed by atoms with Gasteiger partial charge in [0.1, 0.15) is 19.2 Å². The fourth-order valence-electron chi connectivity index (χ4n) is 2.46. The van der Waals surface area contributed by atoms with Crippen LogP contribution in [0.5, 0.6) is 0 Å². The predicted octanol–water partition coefficient (Wildman–Crippen LogP) is 2.14. The number of carbonyl (C=O) groups excluding carboxylic acids is 3. The van der Waals surface area contributed by atoms with E-state index in [0.29, 0.717) is 5.56 Å². The van der Waals surface area contributed by atoms with E-state index in [1.165, 1.54) is 12.1 Å². The van der Waals surface area contributed by atoms with Crippen LogP contribution in [-0.2, 0) is 33.5 Å². The van der Waals surface area contributed by atoms with E-state index in [2.05, 4.69) is 10.6 Å². The molecule has 0 bridgehead atoms. The molecular weight excluding hydrogens is 403 g/mol. The van der Waals surface area contributed by atoms with E-state index in [1.54, 1.807) is 24.3 Å². The van der Waals surface area contributed by atoms with Gasteiger partial charge in [-0.05, 0) is 23.3 Å². The average molecular weight is 423 g/mol. The average Bonchev–Trinajstić information content (AvgIpc) is 2.70. The van der Waals surface area contributed by atoms with Crippen LogP contribution in [0.4, 0.5) is 18.0 Å². The summed E-state index contributed by atoms with van der Waals surface area (Å²) >= 11 is 0. The summed E-state index contributed by atoms with van der Waals surface area (Å²) in [5, 5.41) is 4.57. The molecule has 0 aliphatic carbocycles. The van der Waals surface area contributed by atoms with E-state index in [1.807, 2.05) is 6.07 Å². The van der Waals surface area contributed by atoms with Crippen LogP contribution in [0.15, 0.2) is 54.6 Å². The number of carbonyl (C=O) groups is 3. The van der Waals surface area contributed by atoms with Gasteiger partial charge in [-0.1, -0.05) is 42.5 Å². The molecule has 0 aliphatic heterocycles. The number of nitrogens with one attached hydrogen (secondary N) is 2. The van der Waals surface area contributed by atoms with Gasteiger partial charge in [0, 0.05) is 6.42 Å². The summed E-state index contributed by atoms with van der Waals surface area (Å²) in [5.41, 5.74) is 5.57. The highest BCUT2D eigenvalue weighted by molar-refractivity contribution is 5.88. The molecule has 2 rings (SSSR count). The van der Waals surface area contributed by atoms with Gasteiger partial charge in [-0.15, -0.1) is 0 Å². The van der Waals surface area contributed by atoms with Gasteiger partial charge in [-0.3, -0.25) is 9.59 Å². The second-order valence-electron chi connectivity index (χ2n) is 6.34. The maximum atomic E-state index is 12.6. The lowest BCUT2D eigenvalue weighted by Crippen LogP contribution is -2.49. The van der Waals surface area contributed by atoms with Crippen LogP contribution in [0.25, 0.3) is 0 Å². The van der Waals surface area contributed by atoms with Gasteiger partial charge in [0.05, 0.1) is 5.56 Å². The number of primary amides is 1. The van der Waals surface area contributed by atoms with Crippen LogP contribution < -0.4 is 16.4 Å². The quantitative estimate of drug-likeness (QED) is 0.604. The first-order valence-electron chi connectivity index (χ1n) is 8.84. The third-order valence-electron chi connectivity index (χ3n) is 4.01. The minimum Gasteiger partial charge on any atom is -0.445 e. The van der Waals surface area contributed by atoms with Crippen molar-refractivity contribution in [1.29, 1.82) is 0 Å². The maximum Gasteiger partial charge on any atom is 0.416 e. The molecule has 4 N–H and O–H groups in total. The molecule has 10 heteroatoms. The summed E-state index contributed by atoms with van der Waals surface area (Å²) in [5.74, 6) is -1.57. The van der Waals surface area contributed by atoms with Gasteiger partial charge in [-0.2, -0.15) is 13.2 Å². The van der Waals surface area contributed by atoms with Gasteiger partial charge in [-0.25, -0.2) is 4.79 Å². The van der Waals surface area contributed by atoms with Crippen molar-refractivity contribution < 1.29 is 32.3 Å². The minimum atomic E-state index is -4.48. The molecule has 7 nitrogen and oxygen atoms in total. The smallest absolute Gasteiger partial charge is 0.416 e. The molecule has 0 radical (unpaired) electrons. The Labute approximate surface area is 170 Å². The number of nitrogens with two attached hydrogens (primary N) is 1. The fourth-order valence-corrected chi connectivity index (χ4v) is 2.46. The van der Waals surface area contributed by atoms with Crippen molar-refractivity contribution in [2.75, 3.05) is 6.54 Å². The Morgan fingerprint density at radius 2 is 1.60 bits per heavy atom. The molecule has 0 saturated heterocycles. The second-order valence-corrected chi connectivity index (χ2v) is 6.34. The van der Waals surface area contributed by atoms with E-state index in [9.17, 15) is 27.6 Å². The van der Waals surface area contributed by atoms with Crippen LogP contribution in [-0.4, -0.2) is 30.5 Å². The van der Waals surface area contributed by atoms with Crippen LogP contribution in [0.2, 0.25) is 0 Å². The number of benzene rings is 2. The number of halogens is 3. The number of alkyl halides is 3. The van der Waals surface area contributed by atoms with Gasteiger partial charge in [0.2, 0.25) is 11.8 Å². The van der Waals surface area contributed by atoms with Crippen molar-refractivity contribution in [3.63, 3.8) is 0 Å². The molecule has 0 spiro atoms. The molecular formula is C20H20F3N3O4. The number of rotatable bonds is 8. The molecule has 0 aromatic heterocycles. The summed E-state index contributed by atoms with van der Waals surface area (Å²) in [6, 6.07) is 11.9. The summed E-state index contributed by atoms with van der Waals surface area (Å²) in [6.07, 6.45) is -5.40. The molecule has 0 saturated carbocycles. The first-order valence-corrected chi connectivity index (χ1v) is 8.84. The first-order chi connectivity index (χ1) is 14.1.